The predicted molar refractivity (Wildman–Crippen MR) is 100 cm³/mol. The molecule has 1 aromatic carbocycles. The van der Waals surface area contributed by atoms with Crippen LogP contribution in [-0.4, -0.2) is 23.0 Å². The van der Waals surface area contributed by atoms with Crippen molar-refractivity contribution in [2.45, 2.75) is 44.3 Å². The van der Waals surface area contributed by atoms with Gasteiger partial charge in [-0.1, -0.05) is 12.8 Å². The third-order valence-electron chi connectivity index (χ3n) is 4.36. The molecule has 0 aliphatic heterocycles. The van der Waals surface area contributed by atoms with Gasteiger partial charge in [-0.25, -0.2) is 14.2 Å². The Morgan fingerprint density at radius 1 is 1.17 bits per heavy atom. The van der Waals surface area contributed by atoms with E-state index in [1.165, 1.54) is 0 Å². The topological polar surface area (TPSA) is 83.1 Å². The molecule has 11 heteroatoms. The van der Waals surface area contributed by atoms with Gasteiger partial charge in [-0.2, -0.15) is 13.2 Å². The number of nitrogens with one attached hydrogen (secondary N) is 3. The van der Waals surface area contributed by atoms with Crippen molar-refractivity contribution in [1.82, 2.24) is 10.3 Å². The Morgan fingerprint density at radius 2 is 1.90 bits per heavy atom. The lowest BCUT2D eigenvalue weighted by atomic mass is 10.1. The first-order valence-corrected chi connectivity index (χ1v) is 9.77. The summed E-state index contributed by atoms with van der Waals surface area (Å²) in [6.07, 6.45) is -1.02. The summed E-state index contributed by atoms with van der Waals surface area (Å²) in [5.41, 5.74) is -1.28. The van der Waals surface area contributed by atoms with Crippen molar-refractivity contribution >= 4 is 34.1 Å². The van der Waals surface area contributed by atoms with Crippen LogP contribution in [0.15, 0.2) is 23.6 Å². The highest BCUT2D eigenvalue weighted by molar-refractivity contribution is 7.13. The molecule has 3 N–H and O–H groups in total. The summed E-state index contributed by atoms with van der Waals surface area (Å²) in [6.45, 7) is 0. The molecule has 6 nitrogen and oxygen atoms in total. The Bertz CT molecular complexity index is 894. The summed E-state index contributed by atoms with van der Waals surface area (Å²) in [6, 6.07) is 2.01. The number of carbonyl (C=O) groups is 2. The molecule has 1 aromatic heterocycles. The Kier molecular flexibility index (Phi) is 6.36. The Morgan fingerprint density at radius 3 is 2.59 bits per heavy atom. The van der Waals surface area contributed by atoms with Crippen molar-refractivity contribution in [3.63, 3.8) is 0 Å². The fraction of sp³-hybridized carbons (Fsp3) is 0.389. The average Bonchev–Trinajstić information content (AvgIpc) is 3.27. The third-order valence-corrected chi connectivity index (χ3v) is 5.17. The minimum absolute atomic E-state index is 0.150. The number of aromatic nitrogens is 1. The molecule has 156 valence electrons. The highest BCUT2D eigenvalue weighted by atomic mass is 32.1. The molecule has 0 atom stereocenters. The lowest BCUT2D eigenvalue weighted by Crippen LogP contribution is -2.36. The molecule has 2 aromatic rings. The quantitative estimate of drug-likeness (QED) is 0.609. The summed E-state index contributed by atoms with van der Waals surface area (Å²) < 4.78 is 51.5. The van der Waals surface area contributed by atoms with E-state index in [2.05, 4.69) is 20.9 Å². The van der Waals surface area contributed by atoms with Crippen LogP contribution in [0.5, 0.6) is 0 Å². The summed E-state index contributed by atoms with van der Waals surface area (Å²) in [7, 11) is 0. The predicted octanol–water partition coefficient (Wildman–Crippen LogP) is 4.55. The zero-order valence-electron chi connectivity index (χ0n) is 15.1. The smallest absolute Gasteiger partial charge is 0.335 e. The molecule has 3 amide bonds. The molecular weight excluding hydrogens is 412 g/mol. The number of amides is 3. The third kappa shape index (κ3) is 5.89. The van der Waals surface area contributed by atoms with Gasteiger partial charge in [0.25, 0.3) is 0 Å². The largest absolute Gasteiger partial charge is 0.419 e. The van der Waals surface area contributed by atoms with Gasteiger partial charge in [0, 0.05) is 17.1 Å². The molecule has 1 aliphatic rings. The van der Waals surface area contributed by atoms with Gasteiger partial charge in [0.05, 0.1) is 17.7 Å². The van der Waals surface area contributed by atoms with Gasteiger partial charge < -0.3 is 10.6 Å². The number of benzene rings is 1. The van der Waals surface area contributed by atoms with E-state index in [-0.39, 0.29) is 24.2 Å². The number of carbonyl (C=O) groups excluding carboxylic acids is 2. The molecule has 1 aliphatic carbocycles. The number of hydrogen-bond acceptors (Lipinski definition) is 4. The van der Waals surface area contributed by atoms with Gasteiger partial charge in [0.1, 0.15) is 5.82 Å². The normalized spacial score (nSPS) is 14.6. The molecule has 1 heterocycles. The number of nitrogens with zero attached hydrogens (tertiary/aromatic N) is 1. The number of alkyl halides is 3. The van der Waals surface area contributed by atoms with Gasteiger partial charge in [-0.15, -0.1) is 11.3 Å². The molecule has 0 spiro atoms. The Labute approximate surface area is 167 Å². The number of thiazole rings is 1. The lowest BCUT2D eigenvalue weighted by Gasteiger charge is -2.11. The minimum atomic E-state index is -4.86. The second kappa shape index (κ2) is 8.76. The maximum Gasteiger partial charge on any atom is 0.419 e. The van der Waals surface area contributed by atoms with Crippen molar-refractivity contribution in [2.24, 2.45) is 0 Å². The fourth-order valence-electron chi connectivity index (χ4n) is 3.02. The molecule has 0 radical (unpaired) electrons. The van der Waals surface area contributed by atoms with Gasteiger partial charge in [-0.3, -0.25) is 10.1 Å². The second-order valence-electron chi connectivity index (χ2n) is 6.64. The molecule has 0 saturated heterocycles. The number of rotatable bonds is 5. The molecule has 0 bridgehead atoms. The van der Waals surface area contributed by atoms with Crippen molar-refractivity contribution in [2.75, 3.05) is 10.6 Å². The van der Waals surface area contributed by atoms with Crippen LogP contribution in [0.3, 0.4) is 0 Å². The van der Waals surface area contributed by atoms with Crippen LogP contribution in [0.4, 0.5) is 33.2 Å². The number of halogens is 4. The summed E-state index contributed by atoms with van der Waals surface area (Å²) in [5.74, 6) is -2.03. The van der Waals surface area contributed by atoms with Crippen molar-refractivity contribution in [3.8, 4) is 0 Å². The van der Waals surface area contributed by atoms with Crippen LogP contribution in [0, 0.1) is 5.82 Å². The van der Waals surface area contributed by atoms with Gasteiger partial charge in [0.2, 0.25) is 5.91 Å². The van der Waals surface area contributed by atoms with Gasteiger partial charge in [-0.05, 0) is 31.0 Å². The van der Waals surface area contributed by atoms with Crippen molar-refractivity contribution in [3.05, 3.63) is 40.7 Å². The molecular formula is C18H18F4N4O2S. The van der Waals surface area contributed by atoms with E-state index in [9.17, 15) is 27.2 Å². The van der Waals surface area contributed by atoms with Crippen LogP contribution in [0.2, 0.25) is 0 Å². The summed E-state index contributed by atoms with van der Waals surface area (Å²) >= 11 is 1.13. The van der Waals surface area contributed by atoms with E-state index in [0.717, 1.165) is 43.1 Å². The van der Waals surface area contributed by atoms with E-state index in [4.69, 9.17) is 0 Å². The minimum Gasteiger partial charge on any atom is -0.335 e. The van der Waals surface area contributed by atoms with Crippen molar-refractivity contribution in [1.29, 1.82) is 0 Å². The van der Waals surface area contributed by atoms with E-state index in [1.54, 1.807) is 5.38 Å². The van der Waals surface area contributed by atoms with E-state index < -0.39 is 23.5 Å². The van der Waals surface area contributed by atoms with Gasteiger partial charge >= 0.3 is 12.2 Å². The van der Waals surface area contributed by atoms with Gasteiger partial charge in [0.15, 0.2) is 5.13 Å². The standard InChI is InChI=1S/C18H18F4N4O2S/c19-14-6-5-11(7-13(14)18(20,21)22)23-15(27)8-12-9-29-17(25-12)26-16(28)24-10-3-1-2-4-10/h5-7,9-10H,1-4,8H2,(H,23,27)(H2,24,25,26,28). The lowest BCUT2D eigenvalue weighted by molar-refractivity contribution is -0.140. The van der Waals surface area contributed by atoms with Crippen LogP contribution < -0.4 is 16.0 Å². The molecule has 0 unspecified atom stereocenters. The SMILES string of the molecule is O=C(Cc1csc(NC(=O)NC2CCCC2)n1)Nc1ccc(F)c(C(F)(F)F)c1. The zero-order valence-corrected chi connectivity index (χ0v) is 15.9. The van der Waals surface area contributed by atoms with Crippen LogP contribution in [-0.2, 0) is 17.4 Å². The summed E-state index contributed by atoms with van der Waals surface area (Å²) in [5, 5.41) is 9.61. The Hall–Kier alpha value is -2.69. The monoisotopic (exact) mass is 430 g/mol. The first-order valence-electron chi connectivity index (χ1n) is 8.89. The van der Waals surface area contributed by atoms with Crippen LogP contribution in [0.1, 0.15) is 36.9 Å². The number of hydrogen-bond donors (Lipinski definition) is 3. The van der Waals surface area contributed by atoms with Crippen LogP contribution in [0.25, 0.3) is 0 Å². The number of anilines is 2. The highest BCUT2D eigenvalue weighted by Crippen LogP contribution is 2.33. The van der Waals surface area contributed by atoms with Crippen molar-refractivity contribution < 1.29 is 27.2 Å². The first-order chi connectivity index (χ1) is 13.7. The van der Waals surface area contributed by atoms with E-state index in [1.807, 2.05) is 0 Å². The number of urea groups is 1. The van der Waals surface area contributed by atoms with Crippen LogP contribution >= 0.6 is 11.3 Å². The average molecular weight is 430 g/mol. The maximum atomic E-state index is 13.3. The molecule has 1 fully saturated rings. The first kappa shape index (κ1) is 21.0. The Balaban J connectivity index is 1.54. The fourth-order valence-corrected chi connectivity index (χ4v) is 3.73. The highest BCUT2D eigenvalue weighted by Gasteiger charge is 2.34. The van der Waals surface area contributed by atoms with E-state index >= 15 is 0 Å². The zero-order chi connectivity index (χ0) is 21.0. The van der Waals surface area contributed by atoms with E-state index in [0.29, 0.717) is 23.0 Å². The molecule has 1 saturated carbocycles. The molecule has 3 rings (SSSR count). The molecule has 29 heavy (non-hydrogen) atoms. The summed E-state index contributed by atoms with van der Waals surface area (Å²) in [4.78, 5) is 28.1. The maximum absolute atomic E-state index is 13.3. The second-order valence-corrected chi connectivity index (χ2v) is 7.50.